The van der Waals surface area contributed by atoms with E-state index in [1.807, 2.05) is 48.2 Å². The molecule has 0 saturated carbocycles. The van der Waals surface area contributed by atoms with Crippen LogP contribution in [0, 0.1) is 18.8 Å². The first-order valence-electron chi connectivity index (χ1n) is 7.87. The smallest absolute Gasteiger partial charge is 0.253 e. The van der Waals surface area contributed by atoms with Crippen molar-refractivity contribution in [1.82, 2.24) is 10.2 Å². The lowest BCUT2D eigenvalue weighted by Crippen LogP contribution is -2.31. The summed E-state index contributed by atoms with van der Waals surface area (Å²) >= 11 is 0. The molecule has 1 amide bonds. The predicted molar refractivity (Wildman–Crippen MR) is 84.6 cm³/mol. The van der Waals surface area contributed by atoms with Crippen molar-refractivity contribution < 1.29 is 9.21 Å². The Morgan fingerprint density at radius 2 is 1.77 bits per heavy atom. The molecule has 0 spiro atoms. The highest BCUT2D eigenvalue weighted by atomic mass is 16.3. The summed E-state index contributed by atoms with van der Waals surface area (Å²) in [6.45, 7) is 5.79. The number of hydrogen-bond donors (Lipinski definition) is 1. The molecule has 1 N–H and O–H groups in total. The van der Waals surface area contributed by atoms with Gasteiger partial charge in [-0.2, -0.15) is 0 Å². The van der Waals surface area contributed by atoms with Crippen LogP contribution in [-0.2, 0) is 0 Å². The molecule has 0 unspecified atom stereocenters. The molecule has 0 radical (unpaired) electrons. The molecule has 0 aliphatic carbocycles. The molecule has 1 aromatic heterocycles. The van der Waals surface area contributed by atoms with Crippen molar-refractivity contribution in [2.45, 2.75) is 6.92 Å². The second-order valence-corrected chi connectivity index (χ2v) is 6.38. The van der Waals surface area contributed by atoms with Crippen LogP contribution >= 0.6 is 0 Å². The third-order valence-corrected chi connectivity index (χ3v) is 4.83. The van der Waals surface area contributed by atoms with Gasteiger partial charge in [-0.3, -0.25) is 4.79 Å². The summed E-state index contributed by atoms with van der Waals surface area (Å²) in [6, 6.07) is 11.6. The van der Waals surface area contributed by atoms with Gasteiger partial charge in [-0.05, 0) is 43.0 Å². The number of hydrogen-bond acceptors (Lipinski definition) is 3. The zero-order valence-corrected chi connectivity index (χ0v) is 12.7. The van der Waals surface area contributed by atoms with Gasteiger partial charge in [0.15, 0.2) is 0 Å². The fourth-order valence-electron chi connectivity index (χ4n) is 3.57. The Morgan fingerprint density at radius 3 is 2.36 bits per heavy atom. The first kappa shape index (κ1) is 13.6. The number of carbonyl (C=O) groups excluding carboxylic acids is 1. The number of furan rings is 1. The quantitative estimate of drug-likeness (QED) is 0.926. The normalized spacial score (nSPS) is 23.8. The maximum absolute atomic E-state index is 12.6. The number of nitrogens with one attached hydrogen (secondary N) is 1. The maximum Gasteiger partial charge on any atom is 0.253 e. The van der Waals surface area contributed by atoms with E-state index in [1.165, 1.54) is 0 Å². The highest BCUT2D eigenvalue weighted by Gasteiger charge is 2.38. The Labute approximate surface area is 130 Å². The van der Waals surface area contributed by atoms with Crippen LogP contribution in [0.2, 0.25) is 0 Å². The molecular weight excluding hydrogens is 276 g/mol. The molecule has 4 nitrogen and oxygen atoms in total. The fourth-order valence-corrected chi connectivity index (χ4v) is 3.57. The van der Waals surface area contributed by atoms with Crippen molar-refractivity contribution in [1.29, 1.82) is 0 Å². The molecule has 0 bridgehead atoms. The van der Waals surface area contributed by atoms with Crippen LogP contribution in [0.1, 0.15) is 16.1 Å². The Hall–Kier alpha value is -2.07. The van der Waals surface area contributed by atoms with E-state index < -0.39 is 0 Å². The largest absolute Gasteiger partial charge is 0.461 e. The average molecular weight is 296 g/mol. The van der Waals surface area contributed by atoms with Gasteiger partial charge in [0, 0.05) is 37.3 Å². The molecule has 2 saturated heterocycles. The minimum atomic E-state index is 0.150. The van der Waals surface area contributed by atoms with E-state index in [9.17, 15) is 4.79 Å². The van der Waals surface area contributed by atoms with Gasteiger partial charge in [-0.15, -0.1) is 0 Å². The lowest BCUT2D eigenvalue weighted by Gasteiger charge is -2.17. The molecule has 1 aromatic carbocycles. The van der Waals surface area contributed by atoms with Crippen molar-refractivity contribution in [2.24, 2.45) is 11.8 Å². The molecule has 2 aliphatic heterocycles. The molecule has 4 heteroatoms. The fraction of sp³-hybridized carbons (Fsp3) is 0.389. The summed E-state index contributed by atoms with van der Waals surface area (Å²) in [5, 5.41) is 3.40. The van der Waals surface area contributed by atoms with E-state index in [-0.39, 0.29) is 5.91 Å². The Bertz CT molecular complexity index is 677. The summed E-state index contributed by atoms with van der Waals surface area (Å²) in [5.41, 5.74) is 1.77. The number of carbonyl (C=O) groups is 1. The van der Waals surface area contributed by atoms with Crippen molar-refractivity contribution in [3.63, 3.8) is 0 Å². The number of likely N-dealkylation sites (tertiary alicyclic amines) is 1. The van der Waals surface area contributed by atoms with Crippen LogP contribution in [0.15, 0.2) is 40.8 Å². The number of aryl methyl sites for hydroxylation is 1. The summed E-state index contributed by atoms with van der Waals surface area (Å²) in [4.78, 5) is 14.6. The number of benzene rings is 1. The van der Waals surface area contributed by atoms with Crippen LogP contribution in [0.25, 0.3) is 11.3 Å². The molecule has 2 aliphatic rings. The third-order valence-electron chi connectivity index (χ3n) is 4.83. The summed E-state index contributed by atoms with van der Waals surface area (Å²) in [6.07, 6.45) is 0. The average Bonchev–Trinajstić information content (AvgIpc) is 3.22. The standard InChI is InChI=1S/C18H20N2O2/c1-12-2-7-17(22-12)13-3-5-14(6-4-13)18(21)20-10-15-8-19-9-16(15)11-20/h2-7,15-16,19H,8-11H2,1H3/t15-,16+. The zero-order chi connectivity index (χ0) is 15.1. The van der Waals surface area contributed by atoms with Crippen molar-refractivity contribution in [3.05, 3.63) is 47.7 Å². The van der Waals surface area contributed by atoms with E-state index in [0.717, 1.165) is 48.8 Å². The third kappa shape index (κ3) is 2.33. The van der Waals surface area contributed by atoms with Crippen LogP contribution in [-0.4, -0.2) is 37.0 Å². The molecule has 4 rings (SSSR count). The Kier molecular flexibility index (Phi) is 3.26. The first-order chi connectivity index (χ1) is 10.7. The minimum absolute atomic E-state index is 0.150. The van der Waals surface area contributed by atoms with Crippen molar-refractivity contribution >= 4 is 5.91 Å². The van der Waals surface area contributed by atoms with Gasteiger partial charge in [-0.25, -0.2) is 0 Å². The van der Waals surface area contributed by atoms with E-state index in [4.69, 9.17) is 4.42 Å². The van der Waals surface area contributed by atoms with Crippen LogP contribution in [0.4, 0.5) is 0 Å². The van der Waals surface area contributed by atoms with Gasteiger partial charge in [0.05, 0.1) is 0 Å². The van der Waals surface area contributed by atoms with Gasteiger partial charge in [0.25, 0.3) is 5.91 Å². The maximum atomic E-state index is 12.6. The van der Waals surface area contributed by atoms with Gasteiger partial charge >= 0.3 is 0 Å². The lowest BCUT2D eigenvalue weighted by atomic mass is 10.0. The summed E-state index contributed by atoms with van der Waals surface area (Å²) in [5.74, 6) is 3.16. The SMILES string of the molecule is Cc1ccc(-c2ccc(C(=O)N3C[C@H]4CNC[C@H]4C3)cc2)o1. The Morgan fingerprint density at radius 1 is 1.09 bits per heavy atom. The zero-order valence-electron chi connectivity index (χ0n) is 12.7. The van der Waals surface area contributed by atoms with E-state index in [2.05, 4.69) is 5.32 Å². The van der Waals surface area contributed by atoms with Gasteiger partial charge in [0.2, 0.25) is 0 Å². The molecule has 3 heterocycles. The lowest BCUT2D eigenvalue weighted by molar-refractivity contribution is 0.0781. The molecular formula is C18H20N2O2. The predicted octanol–water partition coefficient (Wildman–Crippen LogP) is 2.55. The van der Waals surface area contributed by atoms with Crippen molar-refractivity contribution in [3.8, 4) is 11.3 Å². The molecule has 2 fully saturated rings. The minimum Gasteiger partial charge on any atom is -0.461 e. The highest BCUT2D eigenvalue weighted by Crippen LogP contribution is 2.28. The van der Waals surface area contributed by atoms with Crippen LogP contribution in [0.3, 0.4) is 0 Å². The topological polar surface area (TPSA) is 45.5 Å². The van der Waals surface area contributed by atoms with Gasteiger partial charge < -0.3 is 14.6 Å². The van der Waals surface area contributed by atoms with E-state index in [1.54, 1.807) is 0 Å². The summed E-state index contributed by atoms with van der Waals surface area (Å²) in [7, 11) is 0. The number of amides is 1. The summed E-state index contributed by atoms with van der Waals surface area (Å²) < 4.78 is 5.62. The van der Waals surface area contributed by atoms with Crippen LogP contribution in [0.5, 0.6) is 0 Å². The first-order valence-corrected chi connectivity index (χ1v) is 7.87. The van der Waals surface area contributed by atoms with Gasteiger partial charge in [0.1, 0.15) is 11.5 Å². The monoisotopic (exact) mass is 296 g/mol. The molecule has 2 aromatic rings. The van der Waals surface area contributed by atoms with E-state index in [0.29, 0.717) is 11.8 Å². The second kappa shape index (κ2) is 5.29. The molecule has 22 heavy (non-hydrogen) atoms. The van der Waals surface area contributed by atoms with Crippen molar-refractivity contribution in [2.75, 3.05) is 26.2 Å². The Balaban J connectivity index is 1.50. The number of rotatable bonds is 2. The second-order valence-electron chi connectivity index (χ2n) is 6.38. The van der Waals surface area contributed by atoms with E-state index >= 15 is 0 Å². The molecule has 2 atom stereocenters. The number of fused-ring (bicyclic) bond motifs is 1. The van der Waals surface area contributed by atoms with Crippen LogP contribution < -0.4 is 5.32 Å². The highest BCUT2D eigenvalue weighted by molar-refractivity contribution is 5.94. The van der Waals surface area contributed by atoms with Gasteiger partial charge in [-0.1, -0.05) is 12.1 Å². The molecule has 114 valence electrons. The number of nitrogens with zero attached hydrogens (tertiary/aromatic N) is 1.